The lowest BCUT2D eigenvalue weighted by molar-refractivity contribution is -0.116. The van der Waals surface area contributed by atoms with Crippen LogP contribution in [0, 0.1) is 6.92 Å². The number of fused-ring (bicyclic) bond motifs is 2. The van der Waals surface area contributed by atoms with Crippen LogP contribution in [0.25, 0.3) is 10.8 Å². The molecule has 1 aliphatic rings. The van der Waals surface area contributed by atoms with Crippen LogP contribution in [-0.4, -0.2) is 11.0 Å². The number of hydrogen-bond donors (Lipinski definition) is 1. The second kappa shape index (κ2) is 5.40. The van der Waals surface area contributed by atoms with Gasteiger partial charge in [-0.15, -0.1) is 0 Å². The predicted octanol–water partition coefficient (Wildman–Crippen LogP) is 5.38. The van der Waals surface area contributed by atoms with Crippen molar-refractivity contribution < 1.29 is 9.90 Å². The van der Waals surface area contributed by atoms with Gasteiger partial charge in [-0.3, -0.25) is 9.69 Å². The summed E-state index contributed by atoms with van der Waals surface area (Å²) in [5, 5.41) is 13.0. The molecule has 1 N–H and O–H groups in total. The van der Waals surface area contributed by atoms with Crippen molar-refractivity contribution in [3.63, 3.8) is 0 Å². The second-order valence-corrected chi connectivity index (χ2v) is 6.68. The van der Waals surface area contributed by atoms with E-state index >= 15 is 0 Å². The number of carbonyl (C=O) groups is 1. The van der Waals surface area contributed by atoms with E-state index in [4.69, 9.17) is 23.2 Å². The summed E-state index contributed by atoms with van der Waals surface area (Å²) in [6.45, 7) is 1.87. The minimum atomic E-state index is -0.103. The van der Waals surface area contributed by atoms with Crippen molar-refractivity contribution in [1.29, 1.82) is 0 Å². The first kappa shape index (κ1) is 15.3. The number of benzene rings is 3. The van der Waals surface area contributed by atoms with Crippen molar-refractivity contribution in [3.8, 4) is 5.75 Å². The van der Waals surface area contributed by atoms with E-state index in [2.05, 4.69) is 0 Å². The van der Waals surface area contributed by atoms with Crippen LogP contribution in [0.15, 0.2) is 42.5 Å². The maximum atomic E-state index is 12.6. The molecule has 4 rings (SSSR count). The van der Waals surface area contributed by atoms with E-state index in [0.29, 0.717) is 22.5 Å². The molecule has 3 aromatic carbocycles. The fraction of sp³-hybridized carbons (Fsp3) is 0.105. The van der Waals surface area contributed by atoms with E-state index in [0.717, 1.165) is 22.2 Å². The lowest BCUT2D eigenvalue weighted by Gasteiger charge is -2.23. The summed E-state index contributed by atoms with van der Waals surface area (Å²) in [6, 6.07) is 12.9. The molecule has 0 aromatic heterocycles. The Hall–Kier alpha value is -2.23. The van der Waals surface area contributed by atoms with Crippen molar-refractivity contribution in [2.75, 3.05) is 4.90 Å². The first-order valence-corrected chi connectivity index (χ1v) is 8.25. The topological polar surface area (TPSA) is 40.5 Å². The highest BCUT2D eigenvalue weighted by molar-refractivity contribution is 6.39. The Labute approximate surface area is 149 Å². The van der Waals surface area contributed by atoms with Crippen LogP contribution in [0.3, 0.4) is 0 Å². The molecule has 0 unspecified atom stereocenters. The van der Waals surface area contributed by atoms with E-state index in [1.807, 2.05) is 37.3 Å². The van der Waals surface area contributed by atoms with Gasteiger partial charge in [0.25, 0.3) is 0 Å². The average Bonchev–Trinajstić information content (AvgIpc) is 2.89. The molecule has 1 heterocycles. The molecular formula is C19H13Cl2NO2. The van der Waals surface area contributed by atoms with E-state index in [9.17, 15) is 9.90 Å². The molecule has 0 saturated carbocycles. The first-order chi connectivity index (χ1) is 11.5. The summed E-state index contributed by atoms with van der Waals surface area (Å²) < 4.78 is 0. The van der Waals surface area contributed by atoms with Crippen LogP contribution in [0.5, 0.6) is 5.75 Å². The van der Waals surface area contributed by atoms with Gasteiger partial charge in [0.2, 0.25) is 5.91 Å². The first-order valence-electron chi connectivity index (χ1n) is 7.50. The largest absolute Gasteiger partial charge is 0.504 e. The summed E-state index contributed by atoms with van der Waals surface area (Å²) in [4.78, 5) is 14.1. The van der Waals surface area contributed by atoms with Crippen LogP contribution < -0.4 is 4.90 Å². The normalized spacial score (nSPS) is 13.6. The number of rotatable bonds is 1. The molecule has 3 aromatic rings. The fourth-order valence-corrected chi connectivity index (χ4v) is 3.75. The number of halogens is 2. The van der Waals surface area contributed by atoms with Gasteiger partial charge >= 0.3 is 0 Å². The molecule has 3 nitrogen and oxygen atoms in total. The number of aryl methyl sites for hydroxylation is 1. The molecule has 1 amide bonds. The molecular weight excluding hydrogens is 345 g/mol. The number of phenols is 1. The third-order valence-electron chi connectivity index (χ3n) is 4.46. The maximum Gasteiger partial charge on any atom is 0.236 e. The predicted molar refractivity (Wildman–Crippen MR) is 97.7 cm³/mol. The number of amides is 1. The number of carbonyl (C=O) groups excluding carboxylic acids is 1. The molecule has 0 spiro atoms. The van der Waals surface area contributed by atoms with Gasteiger partial charge in [-0.1, -0.05) is 47.5 Å². The van der Waals surface area contributed by atoms with Gasteiger partial charge in [0.15, 0.2) is 5.75 Å². The number of hydrogen-bond acceptors (Lipinski definition) is 2. The highest BCUT2D eigenvalue weighted by Crippen LogP contribution is 2.48. The highest BCUT2D eigenvalue weighted by atomic mass is 35.5. The third-order valence-corrected chi connectivity index (χ3v) is 5.07. The van der Waals surface area contributed by atoms with Gasteiger partial charge in [-0.05, 0) is 41.6 Å². The molecule has 1 aliphatic heterocycles. The Morgan fingerprint density at radius 3 is 2.62 bits per heavy atom. The Kier molecular flexibility index (Phi) is 3.44. The van der Waals surface area contributed by atoms with Gasteiger partial charge in [-0.25, -0.2) is 0 Å². The SMILES string of the molecule is Cc1c(N2C(=O)Cc3ccccc32)c(O)c(Cl)c2cc(Cl)ccc12. The minimum absolute atomic E-state index is 0.0843. The molecule has 120 valence electrons. The second-order valence-electron chi connectivity index (χ2n) is 5.86. The Bertz CT molecular complexity index is 1010. The van der Waals surface area contributed by atoms with Crippen LogP contribution in [0.4, 0.5) is 11.4 Å². The summed E-state index contributed by atoms with van der Waals surface area (Å²) in [7, 11) is 0. The number of phenolic OH excluding ortho intramolecular Hbond substituents is 1. The third kappa shape index (κ3) is 2.09. The number of para-hydroxylation sites is 1. The fourth-order valence-electron chi connectivity index (χ4n) is 3.34. The number of nitrogens with zero attached hydrogens (tertiary/aromatic N) is 1. The Balaban J connectivity index is 2.05. The summed E-state index contributed by atoms with van der Waals surface area (Å²) in [5.74, 6) is -0.187. The van der Waals surface area contributed by atoms with Crippen LogP contribution in [0.1, 0.15) is 11.1 Å². The van der Waals surface area contributed by atoms with Gasteiger partial charge in [-0.2, -0.15) is 0 Å². The van der Waals surface area contributed by atoms with E-state index in [1.165, 1.54) is 0 Å². The molecule has 0 radical (unpaired) electrons. The summed E-state index contributed by atoms with van der Waals surface area (Å²) >= 11 is 12.4. The quantitative estimate of drug-likeness (QED) is 0.634. The van der Waals surface area contributed by atoms with E-state index in [1.54, 1.807) is 17.0 Å². The Morgan fingerprint density at radius 1 is 1.08 bits per heavy atom. The zero-order valence-corrected chi connectivity index (χ0v) is 14.3. The van der Waals surface area contributed by atoms with Crippen LogP contribution in [0.2, 0.25) is 10.0 Å². The lowest BCUT2D eigenvalue weighted by Crippen LogP contribution is -2.22. The van der Waals surface area contributed by atoms with Crippen LogP contribution in [-0.2, 0) is 11.2 Å². The number of anilines is 2. The molecule has 5 heteroatoms. The van der Waals surface area contributed by atoms with Gasteiger partial charge in [0, 0.05) is 10.4 Å². The zero-order chi connectivity index (χ0) is 17.0. The van der Waals surface area contributed by atoms with Gasteiger partial charge < -0.3 is 5.11 Å². The smallest absolute Gasteiger partial charge is 0.236 e. The zero-order valence-electron chi connectivity index (χ0n) is 12.8. The molecule has 0 fully saturated rings. The molecule has 0 aliphatic carbocycles. The van der Waals surface area contributed by atoms with Crippen molar-refractivity contribution in [2.24, 2.45) is 0 Å². The lowest BCUT2D eigenvalue weighted by atomic mass is 10.0. The molecule has 24 heavy (non-hydrogen) atoms. The molecule has 0 bridgehead atoms. The highest BCUT2D eigenvalue weighted by Gasteiger charge is 2.32. The minimum Gasteiger partial charge on any atom is -0.504 e. The van der Waals surface area contributed by atoms with Crippen LogP contribution >= 0.6 is 23.2 Å². The number of aromatic hydroxyl groups is 1. The van der Waals surface area contributed by atoms with Gasteiger partial charge in [0.05, 0.1) is 22.8 Å². The monoisotopic (exact) mass is 357 g/mol. The standard InChI is InChI=1S/C19H13Cl2NO2/c1-10-13-7-6-12(20)9-14(13)17(21)19(24)18(10)22-15-5-3-2-4-11(15)8-16(22)23/h2-7,9,24H,8H2,1H3. The van der Waals surface area contributed by atoms with E-state index in [-0.39, 0.29) is 16.7 Å². The van der Waals surface area contributed by atoms with Crippen molar-refractivity contribution in [1.82, 2.24) is 0 Å². The van der Waals surface area contributed by atoms with E-state index < -0.39 is 0 Å². The van der Waals surface area contributed by atoms with Crippen molar-refractivity contribution in [3.05, 3.63) is 63.6 Å². The van der Waals surface area contributed by atoms with Crippen molar-refractivity contribution >= 4 is 51.3 Å². The Morgan fingerprint density at radius 2 is 1.83 bits per heavy atom. The van der Waals surface area contributed by atoms with Crippen molar-refractivity contribution in [2.45, 2.75) is 13.3 Å². The summed E-state index contributed by atoms with van der Waals surface area (Å²) in [6.07, 6.45) is 0.311. The molecule has 0 atom stereocenters. The summed E-state index contributed by atoms with van der Waals surface area (Å²) in [5.41, 5.74) is 2.94. The average molecular weight is 358 g/mol. The van der Waals surface area contributed by atoms with Gasteiger partial charge in [0.1, 0.15) is 0 Å². The maximum absolute atomic E-state index is 12.6. The molecule has 0 saturated heterocycles.